The molecule has 0 heterocycles. The molecule has 0 spiro atoms. The molecule has 0 radical (unpaired) electrons. The van der Waals surface area contributed by atoms with Gasteiger partial charge in [0.25, 0.3) is 0 Å². The minimum absolute atomic E-state index is 0.292. The third-order valence-corrected chi connectivity index (χ3v) is 3.42. The minimum Gasteiger partial charge on any atom is -0.508 e. The Morgan fingerprint density at radius 1 is 0.944 bits per heavy atom. The van der Waals surface area contributed by atoms with E-state index in [-0.39, 0.29) is 0 Å². The summed E-state index contributed by atoms with van der Waals surface area (Å²) >= 11 is 1.67. The van der Waals surface area contributed by atoms with Crippen LogP contribution in [0, 0.1) is 0 Å². The van der Waals surface area contributed by atoms with Crippen LogP contribution < -0.4 is 11.1 Å². The lowest BCUT2D eigenvalue weighted by Gasteiger charge is -2.06. The van der Waals surface area contributed by atoms with Gasteiger partial charge in [-0.25, -0.2) is 0 Å². The van der Waals surface area contributed by atoms with Crippen LogP contribution in [0.3, 0.4) is 0 Å². The predicted molar refractivity (Wildman–Crippen MR) is 76.2 cm³/mol. The largest absolute Gasteiger partial charge is 0.508 e. The molecular formula is C14H16N2OS. The van der Waals surface area contributed by atoms with Crippen LogP contribution >= 0.6 is 11.8 Å². The molecule has 0 aliphatic rings. The molecule has 0 saturated carbocycles. The van der Waals surface area contributed by atoms with E-state index in [1.807, 2.05) is 24.3 Å². The van der Waals surface area contributed by atoms with Gasteiger partial charge in [0.05, 0.1) is 0 Å². The van der Waals surface area contributed by atoms with Gasteiger partial charge in [0.1, 0.15) is 5.75 Å². The zero-order valence-corrected chi connectivity index (χ0v) is 10.8. The highest BCUT2D eigenvalue weighted by Crippen LogP contribution is 2.29. The summed E-state index contributed by atoms with van der Waals surface area (Å²) in [5, 5.41) is 12.4. The molecule has 0 aromatic heterocycles. The molecule has 0 unspecified atom stereocenters. The Labute approximate surface area is 111 Å². The number of aromatic hydroxyl groups is 1. The molecule has 0 saturated heterocycles. The summed E-state index contributed by atoms with van der Waals surface area (Å²) < 4.78 is 0. The molecule has 0 amide bonds. The number of anilines is 1. The maximum absolute atomic E-state index is 9.21. The van der Waals surface area contributed by atoms with Crippen molar-refractivity contribution in [3.63, 3.8) is 0 Å². The van der Waals surface area contributed by atoms with E-state index in [9.17, 15) is 5.11 Å². The summed E-state index contributed by atoms with van der Waals surface area (Å²) in [5.74, 6) is 0.292. The lowest BCUT2D eigenvalue weighted by atomic mass is 10.3. The maximum atomic E-state index is 9.21. The Morgan fingerprint density at radius 2 is 1.50 bits per heavy atom. The number of nitrogens with two attached hydrogens (primary N) is 1. The van der Waals surface area contributed by atoms with Crippen molar-refractivity contribution in [2.45, 2.75) is 9.79 Å². The van der Waals surface area contributed by atoms with Crippen LogP contribution in [0.5, 0.6) is 5.75 Å². The van der Waals surface area contributed by atoms with Gasteiger partial charge in [-0.3, -0.25) is 0 Å². The average molecular weight is 260 g/mol. The van der Waals surface area contributed by atoms with Gasteiger partial charge in [0, 0.05) is 28.6 Å². The van der Waals surface area contributed by atoms with E-state index < -0.39 is 0 Å². The number of phenols is 1. The number of phenolic OH excluding ortho intramolecular Hbond substituents is 1. The number of hydrogen-bond acceptors (Lipinski definition) is 4. The second kappa shape index (κ2) is 6.33. The molecular weight excluding hydrogens is 244 g/mol. The molecule has 0 aliphatic carbocycles. The molecule has 2 aromatic rings. The van der Waals surface area contributed by atoms with Gasteiger partial charge in [-0.2, -0.15) is 0 Å². The van der Waals surface area contributed by atoms with Gasteiger partial charge in [-0.15, -0.1) is 0 Å². The minimum atomic E-state index is 0.292. The van der Waals surface area contributed by atoms with Crippen LogP contribution in [0.1, 0.15) is 0 Å². The fourth-order valence-corrected chi connectivity index (χ4v) is 2.32. The first-order valence-electron chi connectivity index (χ1n) is 5.79. The van der Waals surface area contributed by atoms with E-state index in [1.54, 1.807) is 23.9 Å². The Bertz CT molecular complexity index is 482. The Hall–Kier alpha value is -1.65. The quantitative estimate of drug-likeness (QED) is 0.773. The molecule has 2 aromatic carbocycles. The predicted octanol–water partition coefficient (Wildman–Crippen LogP) is 2.91. The lowest BCUT2D eigenvalue weighted by molar-refractivity contribution is 0.475. The van der Waals surface area contributed by atoms with Crippen molar-refractivity contribution >= 4 is 17.4 Å². The summed E-state index contributed by atoms with van der Waals surface area (Å²) in [7, 11) is 0. The normalized spacial score (nSPS) is 10.3. The first kappa shape index (κ1) is 12.8. The van der Waals surface area contributed by atoms with Crippen LogP contribution in [0.2, 0.25) is 0 Å². The summed E-state index contributed by atoms with van der Waals surface area (Å²) in [6.45, 7) is 1.41. The molecule has 3 nitrogen and oxygen atoms in total. The van der Waals surface area contributed by atoms with E-state index in [0.29, 0.717) is 12.3 Å². The fraction of sp³-hybridized carbons (Fsp3) is 0.143. The van der Waals surface area contributed by atoms with Gasteiger partial charge < -0.3 is 16.2 Å². The van der Waals surface area contributed by atoms with E-state index in [1.165, 1.54) is 4.90 Å². The van der Waals surface area contributed by atoms with Crippen molar-refractivity contribution in [3.05, 3.63) is 48.5 Å². The summed E-state index contributed by atoms with van der Waals surface area (Å²) in [5.41, 5.74) is 6.51. The topological polar surface area (TPSA) is 58.3 Å². The highest BCUT2D eigenvalue weighted by Gasteiger charge is 1.98. The number of hydrogen-bond donors (Lipinski definition) is 3. The van der Waals surface area contributed by atoms with Crippen LogP contribution in [0.4, 0.5) is 5.69 Å². The maximum Gasteiger partial charge on any atom is 0.115 e. The third-order valence-electron chi connectivity index (χ3n) is 2.40. The zero-order chi connectivity index (χ0) is 12.8. The third kappa shape index (κ3) is 3.68. The van der Waals surface area contributed by atoms with E-state index in [2.05, 4.69) is 17.4 Å². The zero-order valence-electron chi connectivity index (χ0n) is 9.97. The first-order valence-corrected chi connectivity index (χ1v) is 6.60. The number of nitrogens with one attached hydrogen (secondary N) is 1. The standard InChI is InChI=1S/C14H16N2OS/c15-9-10-16-11-1-5-13(6-2-11)18-14-7-3-12(17)4-8-14/h1-8,16-17H,9-10,15H2. The molecule has 4 N–H and O–H groups in total. The van der Waals surface area contributed by atoms with Crippen LogP contribution in [-0.2, 0) is 0 Å². The molecule has 94 valence electrons. The molecule has 0 atom stereocenters. The van der Waals surface area contributed by atoms with E-state index in [0.717, 1.165) is 17.1 Å². The molecule has 0 aliphatic heterocycles. The van der Waals surface area contributed by atoms with E-state index >= 15 is 0 Å². The highest BCUT2D eigenvalue weighted by atomic mass is 32.2. The van der Waals surface area contributed by atoms with Crippen LogP contribution in [0.25, 0.3) is 0 Å². The lowest BCUT2D eigenvalue weighted by Crippen LogP contribution is -2.12. The van der Waals surface area contributed by atoms with Crippen molar-refractivity contribution in [1.82, 2.24) is 0 Å². The van der Waals surface area contributed by atoms with Crippen molar-refractivity contribution in [3.8, 4) is 5.75 Å². The Kier molecular flexibility index (Phi) is 4.50. The molecule has 0 bridgehead atoms. The Balaban J connectivity index is 1.99. The van der Waals surface area contributed by atoms with Crippen LogP contribution in [0.15, 0.2) is 58.3 Å². The van der Waals surface area contributed by atoms with Crippen molar-refractivity contribution < 1.29 is 5.11 Å². The van der Waals surface area contributed by atoms with Gasteiger partial charge >= 0.3 is 0 Å². The average Bonchev–Trinajstić information content (AvgIpc) is 2.41. The molecule has 18 heavy (non-hydrogen) atoms. The molecule has 4 heteroatoms. The molecule has 0 fully saturated rings. The summed E-state index contributed by atoms with van der Waals surface area (Å²) in [4.78, 5) is 2.27. The van der Waals surface area contributed by atoms with Crippen molar-refractivity contribution in [2.75, 3.05) is 18.4 Å². The number of rotatable bonds is 5. The summed E-state index contributed by atoms with van der Waals surface area (Å²) in [6.07, 6.45) is 0. The first-order chi connectivity index (χ1) is 8.78. The van der Waals surface area contributed by atoms with Crippen LogP contribution in [-0.4, -0.2) is 18.2 Å². The summed E-state index contributed by atoms with van der Waals surface area (Å²) in [6, 6.07) is 15.4. The smallest absolute Gasteiger partial charge is 0.115 e. The molecule has 2 rings (SSSR count). The van der Waals surface area contributed by atoms with Crippen molar-refractivity contribution in [1.29, 1.82) is 0 Å². The van der Waals surface area contributed by atoms with Crippen molar-refractivity contribution in [2.24, 2.45) is 5.73 Å². The van der Waals surface area contributed by atoms with Gasteiger partial charge in [-0.1, -0.05) is 11.8 Å². The monoisotopic (exact) mass is 260 g/mol. The van der Waals surface area contributed by atoms with E-state index in [4.69, 9.17) is 5.73 Å². The fourth-order valence-electron chi connectivity index (χ4n) is 1.51. The highest BCUT2D eigenvalue weighted by molar-refractivity contribution is 7.99. The van der Waals surface area contributed by atoms with Gasteiger partial charge in [-0.05, 0) is 48.5 Å². The second-order valence-corrected chi connectivity index (χ2v) is 4.98. The Morgan fingerprint density at radius 3 is 2.06 bits per heavy atom. The second-order valence-electron chi connectivity index (χ2n) is 3.84. The van der Waals surface area contributed by atoms with Gasteiger partial charge in [0.2, 0.25) is 0 Å². The van der Waals surface area contributed by atoms with Gasteiger partial charge in [0.15, 0.2) is 0 Å². The number of benzene rings is 2. The SMILES string of the molecule is NCCNc1ccc(Sc2ccc(O)cc2)cc1.